The summed E-state index contributed by atoms with van der Waals surface area (Å²) in [6.07, 6.45) is 3.99. The number of hydrogen-bond acceptors (Lipinski definition) is 2. The zero-order valence-electron chi connectivity index (χ0n) is 16.9. The maximum absolute atomic E-state index is 13.4. The van der Waals surface area contributed by atoms with Gasteiger partial charge < -0.3 is 10.1 Å². The number of rotatable bonds is 6. The van der Waals surface area contributed by atoms with Gasteiger partial charge >= 0.3 is 6.09 Å². The zero-order chi connectivity index (χ0) is 20.9. The van der Waals surface area contributed by atoms with E-state index in [4.69, 9.17) is 4.74 Å². The predicted molar refractivity (Wildman–Crippen MR) is 118 cm³/mol. The molecule has 4 heteroatoms. The van der Waals surface area contributed by atoms with Gasteiger partial charge in [-0.1, -0.05) is 66.7 Å². The third kappa shape index (κ3) is 4.43. The van der Waals surface area contributed by atoms with Crippen molar-refractivity contribution in [3.05, 3.63) is 101 Å². The first-order valence-corrected chi connectivity index (χ1v) is 10.1. The molecule has 1 N–H and O–H groups in total. The molecule has 0 spiro atoms. The fourth-order valence-electron chi connectivity index (χ4n) is 3.99. The van der Waals surface area contributed by atoms with E-state index < -0.39 is 6.09 Å². The van der Waals surface area contributed by atoms with Crippen LogP contribution in [0, 0.1) is 12.7 Å². The van der Waals surface area contributed by atoms with Gasteiger partial charge in [-0.2, -0.15) is 0 Å². The molecule has 0 aromatic heterocycles. The van der Waals surface area contributed by atoms with E-state index in [9.17, 15) is 9.18 Å². The Kier molecular flexibility index (Phi) is 5.94. The highest BCUT2D eigenvalue weighted by molar-refractivity contribution is 5.79. The average molecular weight is 401 g/mol. The molecule has 0 unspecified atom stereocenters. The number of hydrogen-bond donors (Lipinski definition) is 1. The van der Waals surface area contributed by atoms with E-state index >= 15 is 0 Å². The Bertz CT molecular complexity index is 1020. The molecule has 0 bridgehead atoms. The Morgan fingerprint density at radius 2 is 1.70 bits per heavy atom. The molecule has 0 saturated carbocycles. The van der Waals surface area contributed by atoms with Crippen LogP contribution in [-0.2, 0) is 4.74 Å². The van der Waals surface area contributed by atoms with Gasteiger partial charge in [0.1, 0.15) is 12.4 Å². The van der Waals surface area contributed by atoms with Crippen molar-refractivity contribution in [1.29, 1.82) is 0 Å². The zero-order valence-corrected chi connectivity index (χ0v) is 16.9. The number of amides is 1. The molecule has 1 amide bonds. The minimum atomic E-state index is -0.424. The number of carbonyl (C=O) groups is 1. The molecule has 0 atom stereocenters. The summed E-state index contributed by atoms with van der Waals surface area (Å²) >= 11 is 0. The first kappa shape index (κ1) is 19.9. The summed E-state index contributed by atoms with van der Waals surface area (Å²) in [5, 5.41) is 2.78. The van der Waals surface area contributed by atoms with Crippen LogP contribution in [0.4, 0.5) is 9.18 Å². The van der Waals surface area contributed by atoms with Crippen LogP contribution in [0.25, 0.3) is 17.2 Å². The summed E-state index contributed by atoms with van der Waals surface area (Å²) in [6, 6.07) is 21.4. The minimum Gasteiger partial charge on any atom is -0.449 e. The molecule has 0 fully saturated rings. The van der Waals surface area contributed by atoms with Crippen LogP contribution >= 0.6 is 0 Å². The summed E-state index contributed by atoms with van der Waals surface area (Å²) in [7, 11) is 0. The highest BCUT2D eigenvalue weighted by Crippen LogP contribution is 2.44. The Labute approximate surface area is 176 Å². The number of nitrogens with one attached hydrogen (secondary N) is 1. The van der Waals surface area contributed by atoms with E-state index in [2.05, 4.69) is 29.6 Å². The maximum Gasteiger partial charge on any atom is 0.407 e. The Hall–Kier alpha value is -3.40. The van der Waals surface area contributed by atoms with Crippen molar-refractivity contribution >= 4 is 12.2 Å². The maximum atomic E-state index is 13.4. The van der Waals surface area contributed by atoms with Crippen molar-refractivity contribution in [1.82, 2.24) is 5.32 Å². The second kappa shape index (κ2) is 8.95. The second-order valence-corrected chi connectivity index (χ2v) is 7.51. The molecular weight excluding hydrogens is 377 g/mol. The monoisotopic (exact) mass is 401 g/mol. The molecule has 0 saturated heterocycles. The molecule has 4 rings (SSSR count). The first-order valence-electron chi connectivity index (χ1n) is 10.1. The van der Waals surface area contributed by atoms with Crippen LogP contribution in [-0.4, -0.2) is 19.2 Å². The van der Waals surface area contributed by atoms with Crippen LogP contribution in [0.2, 0.25) is 0 Å². The fourth-order valence-corrected chi connectivity index (χ4v) is 3.99. The molecule has 152 valence electrons. The third-order valence-corrected chi connectivity index (χ3v) is 5.30. The molecule has 3 nitrogen and oxygen atoms in total. The smallest absolute Gasteiger partial charge is 0.407 e. The van der Waals surface area contributed by atoms with E-state index in [-0.39, 0.29) is 11.7 Å². The van der Waals surface area contributed by atoms with Crippen LogP contribution in [0.1, 0.15) is 34.6 Å². The van der Waals surface area contributed by atoms with Gasteiger partial charge in [0.25, 0.3) is 0 Å². The Morgan fingerprint density at radius 3 is 2.37 bits per heavy atom. The van der Waals surface area contributed by atoms with Crippen molar-refractivity contribution in [2.45, 2.75) is 19.3 Å². The molecule has 1 aliphatic rings. The number of carbonyl (C=O) groups excluding carboxylic acids is 1. The van der Waals surface area contributed by atoms with Crippen LogP contribution in [0.15, 0.2) is 72.8 Å². The van der Waals surface area contributed by atoms with E-state index in [0.29, 0.717) is 19.6 Å². The molecule has 0 heterocycles. The van der Waals surface area contributed by atoms with E-state index in [0.717, 1.165) is 11.1 Å². The van der Waals surface area contributed by atoms with Gasteiger partial charge in [-0.3, -0.25) is 0 Å². The standard InChI is InChI=1S/C26H24FNO2/c1-18-14-19(16-20(27)15-18)8-6-7-13-28-26(29)30-17-25-23-11-4-2-9-21(23)22-10-3-5-12-24(22)25/h2-6,8-12,14-16,25H,7,13,17H2,1H3,(H,28,29). The molecule has 0 radical (unpaired) electrons. The highest BCUT2D eigenvalue weighted by Gasteiger charge is 2.28. The second-order valence-electron chi connectivity index (χ2n) is 7.51. The molecule has 0 aliphatic heterocycles. The number of fused-ring (bicyclic) bond motifs is 3. The topological polar surface area (TPSA) is 38.3 Å². The lowest BCUT2D eigenvalue weighted by atomic mass is 9.98. The van der Waals surface area contributed by atoms with Gasteiger partial charge in [0, 0.05) is 12.5 Å². The number of ether oxygens (including phenoxy) is 1. The fraction of sp³-hybridized carbons (Fsp3) is 0.192. The van der Waals surface area contributed by atoms with Gasteiger partial charge in [0.2, 0.25) is 0 Å². The van der Waals surface area contributed by atoms with Gasteiger partial charge in [0.05, 0.1) is 0 Å². The third-order valence-electron chi connectivity index (χ3n) is 5.30. The molecule has 3 aromatic carbocycles. The first-order chi connectivity index (χ1) is 14.6. The van der Waals surface area contributed by atoms with Gasteiger partial charge in [0.15, 0.2) is 0 Å². The van der Waals surface area contributed by atoms with Crippen molar-refractivity contribution in [3.63, 3.8) is 0 Å². The molecule has 30 heavy (non-hydrogen) atoms. The van der Waals surface area contributed by atoms with Gasteiger partial charge in [-0.25, -0.2) is 9.18 Å². The summed E-state index contributed by atoms with van der Waals surface area (Å²) in [6.45, 7) is 2.62. The number of alkyl carbamates (subject to hydrolysis) is 1. The molecular formula is C26H24FNO2. The lowest BCUT2D eigenvalue weighted by Gasteiger charge is -2.14. The number of aryl methyl sites for hydroxylation is 1. The SMILES string of the molecule is Cc1cc(F)cc(C=CCCNC(=O)OCC2c3ccccc3-c3ccccc32)c1. The van der Waals surface area contributed by atoms with Crippen molar-refractivity contribution in [3.8, 4) is 11.1 Å². The van der Waals surface area contributed by atoms with Crippen molar-refractivity contribution in [2.75, 3.05) is 13.2 Å². The van der Waals surface area contributed by atoms with Crippen molar-refractivity contribution in [2.24, 2.45) is 0 Å². The van der Waals surface area contributed by atoms with Crippen LogP contribution < -0.4 is 5.32 Å². The average Bonchev–Trinajstić information content (AvgIpc) is 3.05. The molecule has 1 aliphatic carbocycles. The predicted octanol–water partition coefficient (Wildman–Crippen LogP) is 6.08. The largest absolute Gasteiger partial charge is 0.449 e. The number of halogens is 1. The number of benzene rings is 3. The summed E-state index contributed by atoms with van der Waals surface area (Å²) in [5.41, 5.74) is 6.50. The quantitative estimate of drug-likeness (QED) is 0.509. The van der Waals surface area contributed by atoms with Gasteiger partial charge in [-0.05, 0) is 58.9 Å². The minimum absolute atomic E-state index is 0.0549. The normalized spacial score (nSPS) is 12.6. The Balaban J connectivity index is 1.28. The van der Waals surface area contributed by atoms with Gasteiger partial charge in [-0.15, -0.1) is 0 Å². The summed E-state index contributed by atoms with van der Waals surface area (Å²) in [5.74, 6) is -0.189. The summed E-state index contributed by atoms with van der Waals surface area (Å²) < 4.78 is 18.9. The van der Waals surface area contributed by atoms with Crippen LogP contribution in [0.5, 0.6) is 0 Å². The highest BCUT2D eigenvalue weighted by atomic mass is 19.1. The van der Waals surface area contributed by atoms with Crippen molar-refractivity contribution < 1.29 is 13.9 Å². The molecule has 3 aromatic rings. The summed E-state index contributed by atoms with van der Waals surface area (Å²) in [4.78, 5) is 12.1. The van der Waals surface area contributed by atoms with E-state index in [1.807, 2.05) is 49.4 Å². The van der Waals surface area contributed by atoms with E-state index in [1.165, 1.54) is 34.4 Å². The lowest BCUT2D eigenvalue weighted by molar-refractivity contribution is 0.143. The lowest BCUT2D eigenvalue weighted by Crippen LogP contribution is -2.26. The van der Waals surface area contributed by atoms with Crippen LogP contribution in [0.3, 0.4) is 0 Å². The Morgan fingerprint density at radius 1 is 1.03 bits per heavy atom. The van der Waals surface area contributed by atoms with E-state index in [1.54, 1.807) is 0 Å².